The highest BCUT2D eigenvalue weighted by Crippen LogP contribution is 2.51. The van der Waals surface area contributed by atoms with Crippen LogP contribution in [-0.2, 0) is 21.0 Å². The average molecular weight is 609 g/mol. The van der Waals surface area contributed by atoms with E-state index in [0.717, 1.165) is 22.5 Å². The molecule has 8 heteroatoms. The van der Waals surface area contributed by atoms with Gasteiger partial charge in [-0.25, -0.2) is 0 Å². The second-order valence-corrected chi connectivity index (χ2v) is 11.4. The molecule has 40 heavy (non-hydrogen) atoms. The number of benzene rings is 2. The molecule has 0 aromatic heterocycles. The molecular weight excluding hydrogens is 574 g/mol. The van der Waals surface area contributed by atoms with E-state index in [4.69, 9.17) is 9.47 Å². The van der Waals surface area contributed by atoms with Crippen molar-refractivity contribution in [1.29, 1.82) is 0 Å². The Morgan fingerprint density at radius 2 is 1.60 bits per heavy atom. The van der Waals surface area contributed by atoms with Crippen LogP contribution in [0.1, 0.15) is 74.5 Å². The molecule has 5 rings (SSSR count). The lowest BCUT2D eigenvalue weighted by molar-refractivity contribution is -0.137. The Morgan fingerprint density at radius 3 is 2.17 bits per heavy atom. The van der Waals surface area contributed by atoms with Gasteiger partial charge in [-0.2, -0.15) is 0 Å². The number of carbonyl (C=O) groups is 3. The van der Waals surface area contributed by atoms with Gasteiger partial charge in [0.05, 0.1) is 17.5 Å². The van der Waals surface area contributed by atoms with E-state index < -0.39 is 11.9 Å². The van der Waals surface area contributed by atoms with Gasteiger partial charge in [0.15, 0.2) is 23.1 Å². The number of hydrogen-bond acceptors (Lipinski definition) is 6. The first-order valence-electron chi connectivity index (χ1n) is 13.9. The summed E-state index contributed by atoms with van der Waals surface area (Å²) in [6.45, 7) is 4.98. The highest BCUT2D eigenvalue weighted by molar-refractivity contribution is 9.10. The van der Waals surface area contributed by atoms with Crippen molar-refractivity contribution < 1.29 is 29.0 Å². The summed E-state index contributed by atoms with van der Waals surface area (Å²) >= 11 is 3.70. The van der Waals surface area contributed by atoms with Crippen LogP contribution < -0.4 is 9.47 Å². The number of nitrogens with zero attached hydrogens (tertiary/aromatic N) is 1. The molecule has 0 amide bonds. The third-order valence-corrected chi connectivity index (χ3v) is 8.39. The number of carboxylic acid groups (broad SMARTS) is 1. The molecule has 0 radical (unpaired) electrons. The summed E-state index contributed by atoms with van der Waals surface area (Å²) in [6.07, 6.45) is 3.55. The van der Waals surface area contributed by atoms with Crippen LogP contribution in [0.4, 0.5) is 0 Å². The molecule has 2 aliphatic carbocycles. The summed E-state index contributed by atoms with van der Waals surface area (Å²) in [6, 6.07) is 12.0. The number of ketones is 2. The number of aryl methyl sites for hydroxylation is 1. The molecule has 2 aromatic carbocycles. The number of aliphatic carboxylic acids is 1. The number of allylic oxidation sites excluding steroid dienone is 4. The topological polar surface area (TPSA) is 93.1 Å². The largest absolute Gasteiger partial charge is 0.490 e. The van der Waals surface area contributed by atoms with Crippen molar-refractivity contribution in [2.45, 2.75) is 71.3 Å². The average Bonchev–Trinajstić information content (AvgIpc) is 2.92. The van der Waals surface area contributed by atoms with E-state index >= 15 is 0 Å². The predicted molar refractivity (Wildman–Crippen MR) is 154 cm³/mol. The first kappa shape index (κ1) is 28.1. The second-order valence-electron chi connectivity index (χ2n) is 10.5. The number of Topliss-reactive ketones (excluding diaryl/α,β-unsaturated/α-hetero) is 2. The number of rotatable bonds is 9. The summed E-state index contributed by atoms with van der Waals surface area (Å²) < 4.78 is 12.9. The van der Waals surface area contributed by atoms with Gasteiger partial charge in [-0.15, -0.1) is 0 Å². The summed E-state index contributed by atoms with van der Waals surface area (Å²) in [7, 11) is 0. The summed E-state index contributed by atoms with van der Waals surface area (Å²) in [5, 5.41) is 9.41. The highest BCUT2D eigenvalue weighted by atomic mass is 79.9. The summed E-state index contributed by atoms with van der Waals surface area (Å²) in [5.41, 5.74) is 5.97. The Bertz CT molecular complexity index is 1360. The molecule has 1 aliphatic heterocycles. The van der Waals surface area contributed by atoms with Gasteiger partial charge in [-0.05, 0) is 78.7 Å². The fourth-order valence-corrected chi connectivity index (χ4v) is 6.60. The van der Waals surface area contributed by atoms with Crippen molar-refractivity contribution in [1.82, 2.24) is 4.90 Å². The Balaban J connectivity index is 1.60. The SMILES string of the molecule is CCOc1cc(C2C3=C(CCCC3=O)N(CCC(=O)O)C3=C2C(=O)CCC3)cc(Br)c1OCc1ccc(C)cc1. The number of carbonyl (C=O) groups excluding carboxylic acids is 2. The maximum Gasteiger partial charge on any atom is 0.305 e. The first-order chi connectivity index (χ1) is 19.3. The zero-order valence-corrected chi connectivity index (χ0v) is 24.5. The minimum absolute atomic E-state index is 0.0188. The van der Waals surface area contributed by atoms with Gasteiger partial charge in [-0.3, -0.25) is 14.4 Å². The van der Waals surface area contributed by atoms with Gasteiger partial charge < -0.3 is 19.5 Å². The van der Waals surface area contributed by atoms with Crippen LogP contribution in [0.15, 0.2) is 63.4 Å². The third kappa shape index (κ3) is 5.59. The zero-order chi connectivity index (χ0) is 28.4. The van der Waals surface area contributed by atoms with Crippen molar-refractivity contribution in [2.75, 3.05) is 13.2 Å². The molecule has 0 saturated carbocycles. The van der Waals surface area contributed by atoms with E-state index in [-0.39, 0.29) is 24.5 Å². The van der Waals surface area contributed by atoms with E-state index in [9.17, 15) is 19.5 Å². The van der Waals surface area contributed by atoms with E-state index in [1.807, 2.05) is 55.1 Å². The molecule has 0 bridgehead atoms. The standard InChI is InChI=1S/C32H34BrNO6/c1-3-39-27-17-21(16-22(33)32(27)40-18-20-12-10-19(2)11-13-20)29-30-23(6-4-8-25(30)35)34(15-14-28(37)38)24-7-5-9-26(36)31(24)29/h10-13,16-17,29H,3-9,14-15,18H2,1-2H3,(H,37,38). The van der Waals surface area contributed by atoms with Gasteiger partial charge in [0, 0.05) is 47.8 Å². The van der Waals surface area contributed by atoms with E-state index in [0.29, 0.717) is 78.9 Å². The normalized spacial score (nSPS) is 17.6. The minimum atomic E-state index is -0.901. The lowest BCUT2D eigenvalue weighted by atomic mass is 9.71. The van der Waals surface area contributed by atoms with Crippen LogP contribution in [0.2, 0.25) is 0 Å². The molecule has 0 saturated heterocycles. The second kappa shape index (κ2) is 12.0. The van der Waals surface area contributed by atoms with Crippen molar-refractivity contribution in [3.63, 3.8) is 0 Å². The van der Waals surface area contributed by atoms with Gasteiger partial charge in [0.2, 0.25) is 0 Å². The Morgan fingerprint density at radius 1 is 0.975 bits per heavy atom. The smallest absolute Gasteiger partial charge is 0.305 e. The van der Waals surface area contributed by atoms with Crippen LogP contribution >= 0.6 is 15.9 Å². The molecule has 1 N–H and O–H groups in total. The Labute approximate surface area is 243 Å². The molecule has 2 aromatic rings. The molecule has 210 valence electrons. The van der Waals surface area contributed by atoms with E-state index in [1.54, 1.807) is 0 Å². The fraction of sp³-hybridized carbons (Fsp3) is 0.406. The van der Waals surface area contributed by atoms with E-state index in [2.05, 4.69) is 15.9 Å². The van der Waals surface area contributed by atoms with Crippen molar-refractivity contribution >= 4 is 33.5 Å². The van der Waals surface area contributed by atoms with Gasteiger partial charge in [0.25, 0.3) is 0 Å². The van der Waals surface area contributed by atoms with Crippen molar-refractivity contribution in [3.05, 3.63) is 80.1 Å². The molecule has 3 aliphatic rings. The highest BCUT2D eigenvalue weighted by Gasteiger charge is 2.43. The van der Waals surface area contributed by atoms with Crippen LogP contribution in [0.5, 0.6) is 11.5 Å². The summed E-state index contributed by atoms with van der Waals surface area (Å²) in [5.74, 6) is -0.271. The maximum atomic E-state index is 13.5. The van der Waals surface area contributed by atoms with Crippen LogP contribution in [0, 0.1) is 6.92 Å². The lowest BCUT2D eigenvalue weighted by Gasteiger charge is -2.44. The molecule has 0 atom stereocenters. The lowest BCUT2D eigenvalue weighted by Crippen LogP contribution is -2.39. The zero-order valence-electron chi connectivity index (χ0n) is 22.9. The fourth-order valence-electron chi connectivity index (χ4n) is 6.02. The van der Waals surface area contributed by atoms with Crippen molar-refractivity contribution in [3.8, 4) is 11.5 Å². The molecular formula is C32H34BrNO6. The Kier molecular flexibility index (Phi) is 8.45. The van der Waals surface area contributed by atoms with Gasteiger partial charge in [0.1, 0.15) is 6.61 Å². The first-order valence-corrected chi connectivity index (χ1v) is 14.7. The third-order valence-electron chi connectivity index (χ3n) is 7.80. The molecule has 0 spiro atoms. The van der Waals surface area contributed by atoms with Gasteiger partial charge >= 0.3 is 5.97 Å². The monoisotopic (exact) mass is 607 g/mol. The molecule has 7 nitrogen and oxygen atoms in total. The Hall–Kier alpha value is -3.39. The van der Waals surface area contributed by atoms with Crippen LogP contribution in [-0.4, -0.2) is 40.7 Å². The van der Waals surface area contributed by atoms with Crippen LogP contribution in [0.3, 0.4) is 0 Å². The van der Waals surface area contributed by atoms with Gasteiger partial charge in [-0.1, -0.05) is 29.8 Å². The number of halogens is 1. The summed E-state index contributed by atoms with van der Waals surface area (Å²) in [4.78, 5) is 40.5. The number of ether oxygens (including phenoxy) is 2. The van der Waals surface area contributed by atoms with Crippen molar-refractivity contribution in [2.24, 2.45) is 0 Å². The quantitative estimate of drug-likeness (QED) is 0.342. The molecule has 0 fully saturated rings. The predicted octanol–water partition coefficient (Wildman–Crippen LogP) is 6.62. The molecule has 1 heterocycles. The molecule has 0 unspecified atom stereocenters. The minimum Gasteiger partial charge on any atom is -0.490 e. The van der Waals surface area contributed by atoms with E-state index in [1.165, 1.54) is 5.56 Å². The number of carboxylic acids is 1. The number of hydrogen-bond donors (Lipinski definition) is 1. The maximum absolute atomic E-state index is 13.5. The van der Waals surface area contributed by atoms with Crippen LogP contribution in [0.25, 0.3) is 0 Å².